The molecule has 92 valence electrons. The van der Waals surface area contributed by atoms with Crippen LogP contribution in [0.5, 0.6) is 5.75 Å². The van der Waals surface area contributed by atoms with E-state index in [-0.39, 0.29) is 5.56 Å². The predicted octanol–water partition coefficient (Wildman–Crippen LogP) is 3.57. The number of rotatable bonds is 4. The molecule has 3 nitrogen and oxygen atoms in total. The lowest BCUT2D eigenvalue weighted by molar-refractivity contribution is 0.0691. The van der Waals surface area contributed by atoms with E-state index >= 15 is 0 Å². The Bertz CT molecular complexity index is 552. The SMILES string of the molecule is O=C(O)c1cccc(I)c1OCc1ccccc1. The van der Waals surface area contributed by atoms with Crippen LogP contribution in [0.15, 0.2) is 48.5 Å². The Hall–Kier alpha value is -1.56. The molecule has 0 saturated carbocycles. The molecule has 0 radical (unpaired) electrons. The normalized spacial score (nSPS) is 10.1. The van der Waals surface area contributed by atoms with Crippen molar-refractivity contribution in [3.05, 3.63) is 63.2 Å². The molecular formula is C14H11IO3. The Labute approximate surface area is 119 Å². The molecule has 0 aliphatic heterocycles. The summed E-state index contributed by atoms with van der Waals surface area (Å²) in [7, 11) is 0. The first-order chi connectivity index (χ1) is 8.68. The summed E-state index contributed by atoms with van der Waals surface area (Å²) in [5.74, 6) is -0.550. The number of hydrogen-bond acceptors (Lipinski definition) is 2. The van der Waals surface area contributed by atoms with E-state index in [4.69, 9.17) is 9.84 Å². The number of para-hydroxylation sites is 1. The van der Waals surface area contributed by atoms with Gasteiger partial charge in [0, 0.05) is 0 Å². The number of halogens is 1. The van der Waals surface area contributed by atoms with Gasteiger partial charge in [-0.2, -0.15) is 0 Å². The quantitative estimate of drug-likeness (QED) is 0.854. The van der Waals surface area contributed by atoms with Gasteiger partial charge in [-0.25, -0.2) is 4.79 Å². The molecule has 2 rings (SSSR count). The van der Waals surface area contributed by atoms with Crippen LogP contribution >= 0.6 is 22.6 Å². The van der Waals surface area contributed by atoms with Gasteiger partial charge < -0.3 is 9.84 Å². The first-order valence-electron chi connectivity index (χ1n) is 5.37. The van der Waals surface area contributed by atoms with Gasteiger partial charge in [0.25, 0.3) is 0 Å². The van der Waals surface area contributed by atoms with E-state index in [1.807, 2.05) is 36.4 Å². The zero-order valence-corrected chi connectivity index (χ0v) is 11.6. The lowest BCUT2D eigenvalue weighted by Gasteiger charge is -2.11. The fraction of sp³-hybridized carbons (Fsp3) is 0.0714. The first kappa shape index (κ1) is 12.9. The summed E-state index contributed by atoms with van der Waals surface area (Å²) in [6, 6.07) is 14.7. The van der Waals surface area contributed by atoms with E-state index in [0.29, 0.717) is 12.4 Å². The van der Waals surface area contributed by atoms with Gasteiger partial charge in [0.05, 0.1) is 3.57 Å². The summed E-state index contributed by atoms with van der Waals surface area (Å²) in [6.45, 7) is 0.362. The van der Waals surface area contributed by atoms with Crippen molar-refractivity contribution in [1.29, 1.82) is 0 Å². The lowest BCUT2D eigenvalue weighted by Crippen LogP contribution is -2.04. The molecule has 0 fully saturated rings. The fourth-order valence-corrected chi connectivity index (χ4v) is 2.21. The maximum absolute atomic E-state index is 11.1. The third-order valence-corrected chi connectivity index (χ3v) is 3.27. The van der Waals surface area contributed by atoms with Gasteiger partial charge in [-0.15, -0.1) is 0 Å². The van der Waals surface area contributed by atoms with E-state index in [1.165, 1.54) is 0 Å². The summed E-state index contributed by atoms with van der Waals surface area (Å²) in [4.78, 5) is 11.1. The Morgan fingerprint density at radius 1 is 1.11 bits per heavy atom. The second-order valence-corrected chi connectivity index (χ2v) is 4.86. The van der Waals surface area contributed by atoms with Crippen LogP contribution in [0.4, 0.5) is 0 Å². The van der Waals surface area contributed by atoms with Crippen molar-refractivity contribution < 1.29 is 14.6 Å². The highest BCUT2D eigenvalue weighted by atomic mass is 127. The van der Waals surface area contributed by atoms with Crippen molar-refractivity contribution in [3.63, 3.8) is 0 Å². The minimum atomic E-state index is -0.975. The van der Waals surface area contributed by atoms with Crippen LogP contribution in [0, 0.1) is 3.57 Å². The summed E-state index contributed by atoms with van der Waals surface area (Å²) in [5, 5.41) is 9.10. The number of ether oxygens (including phenoxy) is 1. The number of carboxylic acids is 1. The van der Waals surface area contributed by atoms with E-state index in [9.17, 15) is 4.79 Å². The Morgan fingerprint density at radius 2 is 1.83 bits per heavy atom. The molecule has 0 aromatic heterocycles. The van der Waals surface area contributed by atoms with Crippen LogP contribution < -0.4 is 4.74 Å². The Balaban J connectivity index is 2.21. The minimum Gasteiger partial charge on any atom is -0.487 e. The molecule has 0 atom stereocenters. The lowest BCUT2D eigenvalue weighted by atomic mass is 10.2. The first-order valence-corrected chi connectivity index (χ1v) is 6.45. The van der Waals surface area contributed by atoms with E-state index in [0.717, 1.165) is 9.13 Å². The van der Waals surface area contributed by atoms with Crippen LogP contribution in [0.1, 0.15) is 15.9 Å². The molecule has 0 heterocycles. The van der Waals surface area contributed by atoms with E-state index in [2.05, 4.69) is 22.6 Å². The summed E-state index contributed by atoms with van der Waals surface area (Å²) in [5.41, 5.74) is 1.20. The van der Waals surface area contributed by atoms with Crippen molar-refractivity contribution in [1.82, 2.24) is 0 Å². The van der Waals surface area contributed by atoms with Crippen LogP contribution in [-0.2, 0) is 6.61 Å². The number of benzene rings is 2. The van der Waals surface area contributed by atoms with Crippen molar-refractivity contribution in [2.45, 2.75) is 6.61 Å². The molecule has 0 aliphatic carbocycles. The third-order valence-electron chi connectivity index (χ3n) is 2.42. The maximum atomic E-state index is 11.1. The topological polar surface area (TPSA) is 46.5 Å². The molecule has 0 bridgehead atoms. The highest BCUT2D eigenvalue weighted by Crippen LogP contribution is 2.26. The highest BCUT2D eigenvalue weighted by Gasteiger charge is 2.14. The number of aromatic carboxylic acids is 1. The van der Waals surface area contributed by atoms with Crippen LogP contribution in [0.3, 0.4) is 0 Å². The second-order valence-electron chi connectivity index (χ2n) is 3.70. The number of hydrogen-bond donors (Lipinski definition) is 1. The van der Waals surface area contributed by atoms with Gasteiger partial charge in [-0.1, -0.05) is 36.4 Å². The summed E-state index contributed by atoms with van der Waals surface area (Å²) in [6.07, 6.45) is 0. The van der Waals surface area contributed by atoms with Crippen molar-refractivity contribution in [3.8, 4) is 5.75 Å². The molecule has 0 saturated heterocycles. The maximum Gasteiger partial charge on any atom is 0.339 e. The zero-order chi connectivity index (χ0) is 13.0. The van der Waals surface area contributed by atoms with Crippen molar-refractivity contribution in [2.24, 2.45) is 0 Å². The molecule has 1 N–H and O–H groups in total. The Morgan fingerprint density at radius 3 is 2.50 bits per heavy atom. The van der Waals surface area contributed by atoms with Crippen LogP contribution in [0.2, 0.25) is 0 Å². The largest absolute Gasteiger partial charge is 0.487 e. The van der Waals surface area contributed by atoms with Gasteiger partial charge >= 0.3 is 5.97 Å². The van der Waals surface area contributed by atoms with Gasteiger partial charge in [0.1, 0.15) is 17.9 Å². The predicted molar refractivity (Wildman–Crippen MR) is 76.9 cm³/mol. The van der Waals surface area contributed by atoms with Gasteiger partial charge in [-0.3, -0.25) is 0 Å². The summed E-state index contributed by atoms with van der Waals surface area (Å²) < 4.78 is 6.42. The average molecular weight is 354 g/mol. The average Bonchev–Trinajstić information content (AvgIpc) is 2.38. The van der Waals surface area contributed by atoms with Crippen LogP contribution in [0.25, 0.3) is 0 Å². The van der Waals surface area contributed by atoms with Crippen LogP contribution in [-0.4, -0.2) is 11.1 Å². The van der Waals surface area contributed by atoms with Gasteiger partial charge in [-0.05, 0) is 40.3 Å². The van der Waals surface area contributed by atoms with E-state index in [1.54, 1.807) is 12.1 Å². The monoisotopic (exact) mass is 354 g/mol. The highest BCUT2D eigenvalue weighted by molar-refractivity contribution is 14.1. The zero-order valence-electron chi connectivity index (χ0n) is 9.47. The molecule has 2 aromatic carbocycles. The van der Waals surface area contributed by atoms with Gasteiger partial charge in [0.2, 0.25) is 0 Å². The Kier molecular flexibility index (Phi) is 4.19. The number of carbonyl (C=O) groups is 1. The smallest absolute Gasteiger partial charge is 0.339 e. The third kappa shape index (κ3) is 3.01. The van der Waals surface area contributed by atoms with E-state index < -0.39 is 5.97 Å². The molecule has 0 spiro atoms. The molecule has 4 heteroatoms. The molecule has 0 unspecified atom stereocenters. The number of carboxylic acid groups (broad SMARTS) is 1. The van der Waals surface area contributed by atoms with Crippen molar-refractivity contribution >= 4 is 28.6 Å². The molecule has 0 amide bonds. The standard InChI is InChI=1S/C14H11IO3/c15-12-8-4-7-11(14(16)17)13(12)18-9-10-5-2-1-3-6-10/h1-8H,9H2,(H,16,17). The molecule has 18 heavy (non-hydrogen) atoms. The second kappa shape index (κ2) is 5.86. The van der Waals surface area contributed by atoms with Gasteiger partial charge in [0.15, 0.2) is 0 Å². The summed E-state index contributed by atoms with van der Waals surface area (Å²) >= 11 is 2.07. The molecule has 2 aromatic rings. The molecule has 0 aliphatic rings. The fourth-order valence-electron chi connectivity index (χ4n) is 1.55. The van der Waals surface area contributed by atoms with Crippen molar-refractivity contribution in [2.75, 3.05) is 0 Å². The minimum absolute atomic E-state index is 0.192. The molecular weight excluding hydrogens is 343 g/mol.